The summed E-state index contributed by atoms with van der Waals surface area (Å²) in [4.78, 5) is 21.4. The van der Waals surface area contributed by atoms with Gasteiger partial charge in [0.25, 0.3) is 0 Å². The molecule has 0 saturated heterocycles. The fourth-order valence-electron chi connectivity index (χ4n) is 1.08. The number of benzene rings is 1. The third-order valence-electron chi connectivity index (χ3n) is 1.79. The van der Waals surface area contributed by atoms with Gasteiger partial charge in [-0.2, -0.15) is 0 Å². The summed E-state index contributed by atoms with van der Waals surface area (Å²) < 4.78 is 5.74. The van der Waals surface area contributed by atoms with E-state index < -0.39 is 11.9 Å². The quantitative estimate of drug-likeness (QED) is 0.857. The molecule has 0 heterocycles. The molecule has 0 radical (unpaired) electrons. The van der Waals surface area contributed by atoms with Crippen LogP contribution in [0.4, 0.5) is 0 Å². The molecule has 86 valence electrons. The van der Waals surface area contributed by atoms with Gasteiger partial charge in [0.1, 0.15) is 11.3 Å². The maximum atomic E-state index is 10.9. The number of halogens is 1. The van der Waals surface area contributed by atoms with Crippen LogP contribution in [0.15, 0.2) is 22.7 Å². The molecule has 0 spiro atoms. The number of hydrogen-bond donors (Lipinski definition) is 2. The Kier molecular flexibility index (Phi) is 4.30. The highest BCUT2D eigenvalue weighted by Gasteiger charge is 2.14. The van der Waals surface area contributed by atoms with Crippen molar-refractivity contribution in [2.75, 3.05) is 6.61 Å². The lowest BCUT2D eigenvalue weighted by atomic mass is 10.2. The first-order valence-corrected chi connectivity index (χ1v) is 5.24. The van der Waals surface area contributed by atoms with E-state index in [0.717, 1.165) is 0 Å². The lowest BCUT2D eigenvalue weighted by Crippen LogP contribution is -2.15. The largest absolute Gasteiger partial charge is 0.491 e. The topological polar surface area (TPSA) is 89.6 Å². The molecule has 0 saturated carbocycles. The number of carboxylic acid groups (broad SMARTS) is 1. The van der Waals surface area contributed by atoms with Crippen LogP contribution in [0.5, 0.6) is 5.75 Å². The van der Waals surface area contributed by atoms with Crippen molar-refractivity contribution in [1.29, 1.82) is 0 Å². The van der Waals surface area contributed by atoms with Crippen LogP contribution >= 0.6 is 15.9 Å². The molecule has 6 heteroatoms. The van der Waals surface area contributed by atoms with Gasteiger partial charge in [-0.25, -0.2) is 4.79 Å². The predicted octanol–water partition coefficient (Wildman–Crippen LogP) is 1.40. The lowest BCUT2D eigenvalue weighted by Gasteiger charge is -2.09. The van der Waals surface area contributed by atoms with Gasteiger partial charge >= 0.3 is 5.97 Å². The number of carbonyl (C=O) groups excluding carboxylic acids is 1. The Morgan fingerprint density at radius 2 is 2.12 bits per heavy atom. The minimum Gasteiger partial charge on any atom is -0.491 e. The zero-order valence-corrected chi connectivity index (χ0v) is 9.86. The van der Waals surface area contributed by atoms with E-state index in [0.29, 0.717) is 4.47 Å². The van der Waals surface area contributed by atoms with Crippen LogP contribution in [0.3, 0.4) is 0 Å². The zero-order valence-electron chi connectivity index (χ0n) is 8.27. The van der Waals surface area contributed by atoms with Crippen molar-refractivity contribution < 1.29 is 19.4 Å². The van der Waals surface area contributed by atoms with Gasteiger partial charge in [-0.1, -0.05) is 6.07 Å². The zero-order chi connectivity index (χ0) is 12.1. The molecule has 0 bridgehead atoms. The average molecular weight is 288 g/mol. The predicted molar refractivity (Wildman–Crippen MR) is 60.4 cm³/mol. The third kappa shape index (κ3) is 3.23. The Morgan fingerprint density at radius 3 is 2.69 bits per heavy atom. The summed E-state index contributed by atoms with van der Waals surface area (Å²) in [5.74, 6) is -1.38. The molecule has 0 aliphatic rings. The Labute approximate surface area is 100 Å². The van der Waals surface area contributed by atoms with Gasteiger partial charge in [0.2, 0.25) is 5.91 Å². The minimum atomic E-state index is -1.09. The molecule has 16 heavy (non-hydrogen) atoms. The highest BCUT2D eigenvalue weighted by Crippen LogP contribution is 2.29. The molecule has 0 aromatic heterocycles. The summed E-state index contributed by atoms with van der Waals surface area (Å²) in [5.41, 5.74) is 4.99. The molecule has 1 amide bonds. The van der Waals surface area contributed by atoms with Crippen LogP contribution in [0, 0.1) is 0 Å². The van der Waals surface area contributed by atoms with E-state index in [1.165, 1.54) is 6.07 Å². The molecule has 0 fully saturated rings. The van der Waals surface area contributed by atoms with E-state index in [-0.39, 0.29) is 24.3 Å². The number of nitrogens with two attached hydrogens (primary N) is 1. The maximum absolute atomic E-state index is 10.9. The van der Waals surface area contributed by atoms with Crippen molar-refractivity contribution in [3.05, 3.63) is 28.2 Å². The smallest absolute Gasteiger partial charge is 0.339 e. The highest BCUT2D eigenvalue weighted by atomic mass is 79.9. The molecule has 0 unspecified atom stereocenters. The first-order valence-electron chi connectivity index (χ1n) is 4.45. The highest BCUT2D eigenvalue weighted by molar-refractivity contribution is 9.10. The average Bonchev–Trinajstić information content (AvgIpc) is 2.19. The van der Waals surface area contributed by atoms with Gasteiger partial charge in [0.05, 0.1) is 17.5 Å². The van der Waals surface area contributed by atoms with Gasteiger partial charge < -0.3 is 15.6 Å². The van der Waals surface area contributed by atoms with E-state index in [4.69, 9.17) is 15.6 Å². The summed E-state index contributed by atoms with van der Waals surface area (Å²) in [6, 6.07) is 4.67. The Bertz CT molecular complexity index is 419. The number of primary amides is 1. The van der Waals surface area contributed by atoms with Crippen molar-refractivity contribution in [2.45, 2.75) is 6.42 Å². The second-order valence-electron chi connectivity index (χ2n) is 2.99. The number of carbonyl (C=O) groups is 2. The molecule has 1 aromatic carbocycles. The molecule has 0 aliphatic carbocycles. The van der Waals surface area contributed by atoms with Crippen LogP contribution in [0.25, 0.3) is 0 Å². The Hall–Kier alpha value is -1.56. The number of hydrogen-bond acceptors (Lipinski definition) is 3. The van der Waals surface area contributed by atoms with Crippen molar-refractivity contribution in [3.8, 4) is 5.75 Å². The summed E-state index contributed by atoms with van der Waals surface area (Å²) in [6.45, 7) is 0.0538. The summed E-state index contributed by atoms with van der Waals surface area (Å²) in [7, 11) is 0. The summed E-state index contributed by atoms with van der Waals surface area (Å²) in [6.07, 6.45) is 0.0421. The first-order chi connectivity index (χ1) is 7.52. The Balaban J connectivity index is 2.84. The molecule has 1 aromatic rings. The van der Waals surface area contributed by atoms with E-state index in [9.17, 15) is 9.59 Å². The number of amides is 1. The molecule has 1 rings (SSSR count). The van der Waals surface area contributed by atoms with Crippen molar-refractivity contribution in [2.24, 2.45) is 5.73 Å². The van der Waals surface area contributed by atoms with Crippen LogP contribution in [0.1, 0.15) is 16.8 Å². The Morgan fingerprint density at radius 1 is 1.44 bits per heavy atom. The summed E-state index contributed by atoms with van der Waals surface area (Å²) in [5, 5.41) is 8.91. The normalized spacial score (nSPS) is 9.81. The van der Waals surface area contributed by atoms with Gasteiger partial charge in [0, 0.05) is 0 Å². The molecule has 3 N–H and O–H groups in total. The standard InChI is InChI=1S/C10H10BrNO4/c11-7-3-1-2-6(10(14)15)9(7)16-5-4-8(12)13/h1-3H,4-5H2,(H2,12,13)(H,14,15). The van der Waals surface area contributed by atoms with Gasteiger partial charge in [0.15, 0.2) is 0 Å². The van der Waals surface area contributed by atoms with Gasteiger partial charge in [-0.15, -0.1) is 0 Å². The second kappa shape index (κ2) is 5.50. The lowest BCUT2D eigenvalue weighted by molar-refractivity contribution is -0.118. The van der Waals surface area contributed by atoms with Crippen LogP contribution in [0.2, 0.25) is 0 Å². The maximum Gasteiger partial charge on any atom is 0.339 e. The van der Waals surface area contributed by atoms with E-state index >= 15 is 0 Å². The van der Waals surface area contributed by atoms with E-state index in [1.807, 2.05) is 0 Å². The SMILES string of the molecule is NC(=O)CCOc1c(Br)cccc1C(=O)O. The monoisotopic (exact) mass is 287 g/mol. The van der Waals surface area contributed by atoms with Gasteiger partial charge in [-0.05, 0) is 28.1 Å². The number of carboxylic acids is 1. The fraction of sp³-hybridized carbons (Fsp3) is 0.200. The molecule has 0 aliphatic heterocycles. The van der Waals surface area contributed by atoms with Crippen molar-refractivity contribution >= 4 is 27.8 Å². The fourth-order valence-corrected chi connectivity index (χ4v) is 1.56. The van der Waals surface area contributed by atoms with Crippen molar-refractivity contribution in [3.63, 3.8) is 0 Å². The van der Waals surface area contributed by atoms with Crippen LogP contribution in [-0.2, 0) is 4.79 Å². The number of rotatable bonds is 5. The number of aromatic carboxylic acids is 1. The minimum absolute atomic E-state index is 0.0406. The van der Waals surface area contributed by atoms with E-state index in [1.54, 1.807) is 12.1 Å². The number of ether oxygens (including phenoxy) is 1. The third-order valence-corrected chi connectivity index (χ3v) is 2.42. The molecular formula is C10H10BrNO4. The summed E-state index contributed by atoms with van der Waals surface area (Å²) >= 11 is 3.18. The van der Waals surface area contributed by atoms with Gasteiger partial charge in [-0.3, -0.25) is 4.79 Å². The molecule has 0 atom stereocenters. The molecular weight excluding hydrogens is 278 g/mol. The first kappa shape index (κ1) is 12.5. The molecule has 5 nitrogen and oxygen atoms in total. The number of para-hydroxylation sites is 1. The van der Waals surface area contributed by atoms with Crippen molar-refractivity contribution in [1.82, 2.24) is 0 Å². The second-order valence-corrected chi connectivity index (χ2v) is 3.84. The van der Waals surface area contributed by atoms with Crippen LogP contribution < -0.4 is 10.5 Å². The van der Waals surface area contributed by atoms with Crippen LogP contribution in [-0.4, -0.2) is 23.6 Å². The van der Waals surface area contributed by atoms with E-state index in [2.05, 4.69) is 15.9 Å².